The maximum atomic E-state index is 11.5. The first-order chi connectivity index (χ1) is 16.1. The number of nitrogens with zero attached hydrogens (tertiary/aromatic N) is 1. The highest BCUT2D eigenvalue weighted by atomic mass is 16.7. The number of carbonyl (C=O) groups is 1. The van der Waals surface area contributed by atoms with Gasteiger partial charge in [-0.2, -0.15) is 0 Å². The first-order valence-electron chi connectivity index (χ1n) is 11.7. The molecule has 2 N–H and O–H groups in total. The van der Waals surface area contributed by atoms with Gasteiger partial charge in [0.2, 0.25) is 5.91 Å². The molecule has 0 bridgehead atoms. The molecule has 2 aliphatic heterocycles. The Kier molecular flexibility index (Phi) is 8.11. The fourth-order valence-electron chi connectivity index (χ4n) is 4.78. The number of carbonyl (C=O) groups excluding carboxylic acids is 1. The molecule has 0 aliphatic carbocycles. The van der Waals surface area contributed by atoms with E-state index in [-0.39, 0.29) is 24.7 Å². The lowest BCUT2D eigenvalue weighted by Crippen LogP contribution is -2.42. The molecule has 0 aromatic heterocycles. The number of nitrogens with one attached hydrogen (secondary N) is 1. The van der Waals surface area contributed by atoms with Crippen molar-refractivity contribution in [2.45, 2.75) is 57.3 Å². The summed E-state index contributed by atoms with van der Waals surface area (Å²) in [6.07, 6.45) is 2.39. The van der Waals surface area contributed by atoms with Crippen molar-refractivity contribution in [3.05, 3.63) is 65.2 Å². The van der Waals surface area contributed by atoms with Gasteiger partial charge in [-0.05, 0) is 42.6 Å². The monoisotopic (exact) mass is 454 g/mol. The van der Waals surface area contributed by atoms with Crippen LogP contribution in [0.5, 0.6) is 0 Å². The van der Waals surface area contributed by atoms with E-state index in [9.17, 15) is 9.90 Å². The number of amides is 1. The number of anilines is 1. The van der Waals surface area contributed by atoms with Crippen LogP contribution >= 0.6 is 0 Å². The van der Waals surface area contributed by atoms with E-state index in [4.69, 9.17) is 14.2 Å². The lowest BCUT2D eigenvalue weighted by molar-refractivity contribution is -0.253. The van der Waals surface area contributed by atoms with Crippen LogP contribution in [0, 0.1) is 0 Å². The zero-order chi connectivity index (χ0) is 23.2. The van der Waals surface area contributed by atoms with Gasteiger partial charge in [-0.15, -0.1) is 0 Å². The van der Waals surface area contributed by atoms with Crippen LogP contribution in [0.1, 0.15) is 55.3 Å². The quantitative estimate of drug-likeness (QED) is 0.632. The number of aliphatic hydroxyl groups excluding tert-OH is 1. The molecule has 2 aliphatic rings. The Hall–Kier alpha value is -2.29. The Labute approximate surface area is 195 Å². The molecule has 33 heavy (non-hydrogen) atoms. The van der Waals surface area contributed by atoms with Gasteiger partial charge in [-0.25, -0.2) is 0 Å². The number of aliphatic hydroxyl groups is 1. The predicted octanol–water partition coefficient (Wildman–Crippen LogP) is 3.79. The number of likely N-dealkylation sites (tertiary alicyclic amines) is 1. The molecular formula is C26H34N2O5. The Balaban J connectivity index is 1.55. The number of benzene rings is 2. The van der Waals surface area contributed by atoms with Crippen molar-refractivity contribution < 1.29 is 24.1 Å². The molecule has 2 fully saturated rings. The topological polar surface area (TPSA) is 80.3 Å². The summed E-state index contributed by atoms with van der Waals surface area (Å²) in [5.41, 5.74) is 3.54. The van der Waals surface area contributed by atoms with Crippen LogP contribution in [-0.2, 0) is 25.6 Å². The van der Waals surface area contributed by atoms with Crippen LogP contribution in [0.3, 0.4) is 0 Å². The van der Waals surface area contributed by atoms with Crippen LogP contribution < -0.4 is 5.32 Å². The first-order valence-corrected chi connectivity index (χ1v) is 11.7. The zero-order valence-electron chi connectivity index (χ0n) is 19.4. The summed E-state index contributed by atoms with van der Waals surface area (Å²) in [6.45, 7) is 4.12. The highest BCUT2D eigenvalue weighted by molar-refractivity contribution is 5.88. The van der Waals surface area contributed by atoms with E-state index < -0.39 is 6.29 Å². The third-order valence-corrected chi connectivity index (χ3v) is 6.39. The van der Waals surface area contributed by atoms with Gasteiger partial charge in [0.05, 0.1) is 25.4 Å². The summed E-state index contributed by atoms with van der Waals surface area (Å²) < 4.78 is 18.3. The number of methoxy groups -OCH3 is 1. The second-order valence-corrected chi connectivity index (χ2v) is 8.90. The number of hydrogen-bond donors (Lipinski definition) is 2. The standard InChI is InChI=1S/C26H34N2O5/c1-18(30)27-22-6-3-5-21(13-22)26-32-24(15-28-12-4-7-23(28)17-31-2)14-25(33-26)20-10-8-19(16-29)9-11-20/h3,5-6,8-11,13,23-26,29H,4,7,12,14-17H2,1-2H3,(H,27,30). The van der Waals surface area contributed by atoms with E-state index in [0.717, 1.165) is 54.9 Å². The van der Waals surface area contributed by atoms with Gasteiger partial charge in [0.25, 0.3) is 0 Å². The van der Waals surface area contributed by atoms with Crippen molar-refractivity contribution >= 4 is 11.6 Å². The minimum absolute atomic E-state index is 0.00635. The van der Waals surface area contributed by atoms with Crippen molar-refractivity contribution in [3.8, 4) is 0 Å². The number of hydrogen-bond acceptors (Lipinski definition) is 6. The minimum atomic E-state index is -0.538. The summed E-state index contributed by atoms with van der Waals surface area (Å²) in [5, 5.41) is 12.2. The molecule has 0 spiro atoms. The van der Waals surface area contributed by atoms with E-state index in [1.165, 1.54) is 13.3 Å². The highest BCUT2D eigenvalue weighted by Gasteiger charge is 2.35. The van der Waals surface area contributed by atoms with Crippen LogP contribution in [0.25, 0.3) is 0 Å². The third kappa shape index (κ3) is 6.19. The van der Waals surface area contributed by atoms with Crippen molar-refractivity contribution in [2.75, 3.05) is 32.1 Å². The van der Waals surface area contributed by atoms with Gasteiger partial charge in [0.1, 0.15) is 0 Å². The van der Waals surface area contributed by atoms with Crippen LogP contribution in [-0.4, -0.2) is 54.9 Å². The van der Waals surface area contributed by atoms with Crippen molar-refractivity contribution in [3.63, 3.8) is 0 Å². The first kappa shape index (κ1) is 23.9. The minimum Gasteiger partial charge on any atom is -0.392 e. The maximum Gasteiger partial charge on any atom is 0.221 e. The Bertz CT molecular complexity index is 919. The van der Waals surface area contributed by atoms with E-state index >= 15 is 0 Å². The van der Waals surface area contributed by atoms with E-state index in [1.54, 1.807) is 7.11 Å². The molecule has 0 saturated carbocycles. The van der Waals surface area contributed by atoms with Gasteiger partial charge in [0, 0.05) is 44.3 Å². The Morgan fingerprint density at radius 1 is 1.18 bits per heavy atom. The zero-order valence-corrected chi connectivity index (χ0v) is 19.4. The van der Waals surface area contributed by atoms with Gasteiger partial charge < -0.3 is 24.6 Å². The van der Waals surface area contributed by atoms with E-state index in [0.29, 0.717) is 6.04 Å². The molecule has 4 unspecified atom stereocenters. The molecule has 178 valence electrons. The lowest BCUT2D eigenvalue weighted by Gasteiger charge is -2.39. The van der Waals surface area contributed by atoms with E-state index in [2.05, 4.69) is 10.2 Å². The molecular weight excluding hydrogens is 420 g/mol. The van der Waals surface area contributed by atoms with Gasteiger partial charge in [-0.1, -0.05) is 36.4 Å². The average molecular weight is 455 g/mol. The predicted molar refractivity (Wildman–Crippen MR) is 126 cm³/mol. The largest absolute Gasteiger partial charge is 0.392 e. The maximum absolute atomic E-state index is 11.5. The summed E-state index contributed by atoms with van der Waals surface area (Å²) in [6, 6.07) is 16.0. The van der Waals surface area contributed by atoms with Crippen molar-refractivity contribution in [2.24, 2.45) is 0 Å². The number of rotatable bonds is 8. The lowest BCUT2D eigenvalue weighted by atomic mass is 9.99. The van der Waals surface area contributed by atoms with Crippen LogP contribution in [0.4, 0.5) is 5.69 Å². The molecule has 2 aromatic rings. The van der Waals surface area contributed by atoms with Crippen molar-refractivity contribution in [1.29, 1.82) is 0 Å². The number of ether oxygens (including phenoxy) is 3. The van der Waals surface area contributed by atoms with E-state index in [1.807, 2.05) is 48.5 Å². The molecule has 1 amide bonds. The SMILES string of the molecule is COCC1CCCN1CC1CC(c2ccc(CO)cc2)OC(c2cccc(NC(C)=O)c2)O1. The van der Waals surface area contributed by atoms with Crippen LogP contribution in [0.15, 0.2) is 48.5 Å². The second-order valence-electron chi connectivity index (χ2n) is 8.90. The fraction of sp³-hybridized carbons (Fsp3) is 0.500. The molecule has 2 heterocycles. The molecule has 4 rings (SSSR count). The summed E-state index contributed by atoms with van der Waals surface area (Å²) in [5.74, 6) is -0.115. The average Bonchev–Trinajstić information content (AvgIpc) is 3.25. The van der Waals surface area contributed by atoms with Crippen molar-refractivity contribution in [1.82, 2.24) is 4.90 Å². The Morgan fingerprint density at radius 3 is 2.73 bits per heavy atom. The Morgan fingerprint density at radius 2 is 2.00 bits per heavy atom. The smallest absolute Gasteiger partial charge is 0.221 e. The molecule has 4 atom stereocenters. The van der Waals surface area contributed by atoms with Gasteiger partial charge >= 0.3 is 0 Å². The third-order valence-electron chi connectivity index (χ3n) is 6.39. The normalized spacial score (nSPS) is 25.8. The molecule has 2 aromatic carbocycles. The van der Waals surface area contributed by atoms with Gasteiger partial charge in [-0.3, -0.25) is 9.69 Å². The summed E-state index contributed by atoms with van der Waals surface area (Å²) >= 11 is 0. The summed E-state index contributed by atoms with van der Waals surface area (Å²) in [4.78, 5) is 14.0. The molecule has 7 nitrogen and oxygen atoms in total. The second kappa shape index (κ2) is 11.2. The van der Waals surface area contributed by atoms with Crippen LogP contribution in [0.2, 0.25) is 0 Å². The fourth-order valence-corrected chi connectivity index (χ4v) is 4.78. The van der Waals surface area contributed by atoms with Gasteiger partial charge in [0.15, 0.2) is 6.29 Å². The highest BCUT2D eigenvalue weighted by Crippen LogP contribution is 2.39. The molecule has 2 saturated heterocycles. The molecule has 0 radical (unpaired) electrons. The summed E-state index contributed by atoms with van der Waals surface area (Å²) in [7, 11) is 1.76. The molecule has 7 heteroatoms.